The molecule has 0 saturated heterocycles. The largest absolute Gasteiger partial charge is 0.477 e. The second-order valence-electron chi connectivity index (χ2n) is 3.61. The van der Waals surface area contributed by atoms with Crippen LogP contribution in [-0.4, -0.2) is 16.6 Å². The monoisotopic (exact) mass is 304 g/mol. The molecule has 0 radical (unpaired) electrons. The van der Waals surface area contributed by atoms with Crippen molar-refractivity contribution >= 4 is 22.6 Å². The van der Waals surface area contributed by atoms with E-state index in [4.69, 9.17) is 4.74 Å². The van der Waals surface area contributed by atoms with Gasteiger partial charge in [-0.3, -0.25) is 0 Å². The van der Waals surface area contributed by atoms with Crippen molar-refractivity contribution in [1.29, 1.82) is 0 Å². The van der Waals surface area contributed by atoms with Gasteiger partial charge in [0.05, 0.1) is 10.2 Å². The zero-order valence-corrected chi connectivity index (χ0v) is 10.1. The van der Waals surface area contributed by atoms with Crippen LogP contribution in [0.1, 0.15) is 25.7 Å². The van der Waals surface area contributed by atoms with Gasteiger partial charge in [0.1, 0.15) is 6.33 Å². The van der Waals surface area contributed by atoms with Gasteiger partial charge in [-0.05, 0) is 34.9 Å². The minimum absolute atomic E-state index is 0.722. The average molecular weight is 304 g/mol. The van der Waals surface area contributed by atoms with Gasteiger partial charge in [0.25, 0.3) is 0 Å². The lowest BCUT2D eigenvalue weighted by molar-refractivity contribution is 0.216. The predicted molar refractivity (Wildman–Crippen MR) is 62.2 cm³/mol. The molecule has 1 heterocycles. The van der Waals surface area contributed by atoms with Crippen LogP contribution < -0.4 is 4.74 Å². The minimum Gasteiger partial charge on any atom is -0.477 e. The Kier molecular flexibility index (Phi) is 3.55. The molecule has 0 unspecified atom stereocenters. The molecule has 1 fully saturated rings. The summed E-state index contributed by atoms with van der Waals surface area (Å²) >= 11 is 2.19. The van der Waals surface area contributed by atoms with Crippen molar-refractivity contribution in [3.8, 4) is 5.88 Å². The molecule has 0 atom stereocenters. The Hall–Kier alpha value is -0.390. The Morgan fingerprint density at radius 3 is 3.00 bits per heavy atom. The molecular weight excluding hydrogens is 291 g/mol. The van der Waals surface area contributed by atoms with Gasteiger partial charge >= 0.3 is 0 Å². The van der Waals surface area contributed by atoms with Crippen LogP contribution >= 0.6 is 22.6 Å². The average Bonchev–Trinajstić information content (AvgIpc) is 2.12. The van der Waals surface area contributed by atoms with Crippen molar-refractivity contribution in [2.75, 3.05) is 6.61 Å². The van der Waals surface area contributed by atoms with Gasteiger partial charge in [0.15, 0.2) is 0 Å². The highest BCUT2D eigenvalue weighted by Crippen LogP contribution is 2.29. The Balaban J connectivity index is 1.76. The first kappa shape index (κ1) is 10.1. The van der Waals surface area contributed by atoms with E-state index in [1.54, 1.807) is 6.20 Å². The standard InChI is InChI=1S/C10H13IN2O/c11-9-6-12-7-13-10(9)14-5-4-8-2-1-3-8/h6-8H,1-5H2. The summed E-state index contributed by atoms with van der Waals surface area (Å²) in [5, 5.41) is 0. The van der Waals surface area contributed by atoms with E-state index in [0.29, 0.717) is 0 Å². The van der Waals surface area contributed by atoms with Crippen LogP contribution in [0, 0.1) is 9.49 Å². The zero-order valence-electron chi connectivity index (χ0n) is 7.95. The number of aromatic nitrogens is 2. The summed E-state index contributed by atoms with van der Waals surface area (Å²) < 4.78 is 6.57. The third kappa shape index (κ3) is 2.56. The van der Waals surface area contributed by atoms with Crippen LogP contribution in [0.5, 0.6) is 5.88 Å². The fourth-order valence-electron chi connectivity index (χ4n) is 1.51. The molecule has 1 aromatic rings. The first-order valence-electron chi connectivity index (χ1n) is 4.94. The van der Waals surface area contributed by atoms with E-state index in [2.05, 4.69) is 32.6 Å². The summed E-state index contributed by atoms with van der Waals surface area (Å²) in [5.41, 5.74) is 0. The zero-order chi connectivity index (χ0) is 9.80. The Morgan fingerprint density at radius 2 is 2.36 bits per heavy atom. The van der Waals surface area contributed by atoms with Crippen molar-refractivity contribution in [2.45, 2.75) is 25.7 Å². The molecule has 0 spiro atoms. The highest BCUT2D eigenvalue weighted by molar-refractivity contribution is 14.1. The van der Waals surface area contributed by atoms with Crippen molar-refractivity contribution in [1.82, 2.24) is 9.97 Å². The first-order valence-corrected chi connectivity index (χ1v) is 6.02. The molecule has 4 heteroatoms. The van der Waals surface area contributed by atoms with Gasteiger partial charge in [-0.2, -0.15) is 0 Å². The van der Waals surface area contributed by atoms with Crippen LogP contribution in [0.25, 0.3) is 0 Å². The fourth-order valence-corrected chi connectivity index (χ4v) is 1.97. The Labute approximate surface area is 97.4 Å². The second-order valence-corrected chi connectivity index (χ2v) is 4.77. The highest BCUT2D eigenvalue weighted by atomic mass is 127. The number of rotatable bonds is 4. The molecule has 0 amide bonds. The molecule has 0 N–H and O–H groups in total. The SMILES string of the molecule is Ic1cncnc1OCCC1CCC1. The maximum absolute atomic E-state index is 5.58. The molecule has 0 bridgehead atoms. The molecule has 2 rings (SSSR count). The van der Waals surface area contributed by atoms with Gasteiger partial charge in [0, 0.05) is 6.20 Å². The molecule has 1 aliphatic rings. The normalized spacial score (nSPS) is 16.4. The van der Waals surface area contributed by atoms with Crippen LogP contribution in [0.2, 0.25) is 0 Å². The second kappa shape index (κ2) is 4.91. The highest BCUT2D eigenvalue weighted by Gasteiger charge is 2.17. The van der Waals surface area contributed by atoms with Gasteiger partial charge < -0.3 is 4.74 Å². The molecule has 14 heavy (non-hydrogen) atoms. The van der Waals surface area contributed by atoms with E-state index < -0.39 is 0 Å². The molecule has 0 aromatic carbocycles. The summed E-state index contributed by atoms with van der Waals surface area (Å²) in [4.78, 5) is 7.99. The maximum Gasteiger partial charge on any atom is 0.230 e. The molecule has 1 saturated carbocycles. The lowest BCUT2D eigenvalue weighted by Crippen LogP contribution is -2.15. The van der Waals surface area contributed by atoms with Gasteiger partial charge in [-0.15, -0.1) is 0 Å². The maximum atomic E-state index is 5.58. The molecule has 0 aliphatic heterocycles. The van der Waals surface area contributed by atoms with Crippen molar-refractivity contribution in [3.05, 3.63) is 16.1 Å². The quantitative estimate of drug-likeness (QED) is 0.802. The van der Waals surface area contributed by atoms with E-state index >= 15 is 0 Å². The third-order valence-corrected chi connectivity index (χ3v) is 3.36. The number of hydrogen-bond donors (Lipinski definition) is 0. The Bertz CT molecular complexity index is 302. The lowest BCUT2D eigenvalue weighted by atomic mass is 9.83. The number of hydrogen-bond acceptors (Lipinski definition) is 3. The predicted octanol–water partition coefficient (Wildman–Crippen LogP) is 2.65. The summed E-state index contributed by atoms with van der Waals surface area (Å²) in [7, 11) is 0. The van der Waals surface area contributed by atoms with Gasteiger partial charge in [0.2, 0.25) is 5.88 Å². The van der Waals surface area contributed by atoms with Crippen LogP contribution in [0.15, 0.2) is 12.5 Å². The van der Waals surface area contributed by atoms with E-state index in [1.165, 1.54) is 32.0 Å². The van der Waals surface area contributed by atoms with Crippen molar-refractivity contribution < 1.29 is 4.74 Å². The number of nitrogens with zero attached hydrogens (tertiary/aromatic N) is 2. The number of halogens is 1. The molecule has 1 aromatic heterocycles. The summed E-state index contributed by atoms with van der Waals surface area (Å²) in [5.74, 6) is 1.62. The van der Waals surface area contributed by atoms with Gasteiger partial charge in [-0.25, -0.2) is 9.97 Å². The smallest absolute Gasteiger partial charge is 0.230 e. The van der Waals surface area contributed by atoms with Crippen LogP contribution in [0.4, 0.5) is 0 Å². The summed E-state index contributed by atoms with van der Waals surface area (Å²) in [6.45, 7) is 0.789. The fraction of sp³-hybridized carbons (Fsp3) is 0.600. The summed E-state index contributed by atoms with van der Waals surface area (Å²) in [6, 6.07) is 0. The van der Waals surface area contributed by atoms with Crippen molar-refractivity contribution in [2.24, 2.45) is 5.92 Å². The lowest BCUT2D eigenvalue weighted by Gasteiger charge is -2.24. The summed E-state index contributed by atoms with van der Waals surface area (Å²) in [6.07, 6.45) is 8.62. The van der Waals surface area contributed by atoms with E-state index in [-0.39, 0.29) is 0 Å². The van der Waals surface area contributed by atoms with Gasteiger partial charge in [-0.1, -0.05) is 19.3 Å². The van der Waals surface area contributed by atoms with Crippen LogP contribution in [-0.2, 0) is 0 Å². The van der Waals surface area contributed by atoms with E-state index in [1.807, 2.05) is 0 Å². The van der Waals surface area contributed by atoms with Crippen molar-refractivity contribution in [3.63, 3.8) is 0 Å². The molecule has 1 aliphatic carbocycles. The Morgan fingerprint density at radius 1 is 1.50 bits per heavy atom. The third-order valence-electron chi connectivity index (χ3n) is 2.62. The molecular formula is C10H13IN2O. The topological polar surface area (TPSA) is 35.0 Å². The number of ether oxygens (including phenoxy) is 1. The van der Waals surface area contributed by atoms with Crippen LogP contribution in [0.3, 0.4) is 0 Å². The van der Waals surface area contributed by atoms with E-state index in [9.17, 15) is 0 Å². The van der Waals surface area contributed by atoms with E-state index in [0.717, 1.165) is 22.0 Å². The first-order chi connectivity index (χ1) is 6.86. The molecule has 76 valence electrons. The minimum atomic E-state index is 0.722. The molecule has 3 nitrogen and oxygen atoms in total.